The van der Waals surface area contributed by atoms with Crippen molar-refractivity contribution in [1.29, 1.82) is 0 Å². The quantitative estimate of drug-likeness (QED) is 0.201. The number of alkyl halides is 1. The Balaban J connectivity index is 1.51. The Labute approximate surface area is 162 Å². The third kappa shape index (κ3) is 2.76. The molecular weight excluding hydrogens is 435 g/mol. The summed E-state index contributed by atoms with van der Waals surface area (Å²) in [7, 11) is 0. The minimum Gasteiger partial charge on any atom is -0.464 e. The van der Waals surface area contributed by atoms with Gasteiger partial charge < -0.3 is 20.7 Å². The van der Waals surface area contributed by atoms with Crippen molar-refractivity contribution in [1.82, 2.24) is 5.32 Å². The van der Waals surface area contributed by atoms with E-state index in [2.05, 4.69) is 27.9 Å². The molecule has 4 unspecified atom stereocenters. The van der Waals surface area contributed by atoms with E-state index in [4.69, 9.17) is 10.5 Å². The van der Waals surface area contributed by atoms with Gasteiger partial charge in [0, 0.05) is 25.2 Å². The van der Waals surface area contributed by atoms with E-state index in [-0.39, 0.29) is 35.4 Å². The van der Waals surface area contributed by atoms with Gasteiger partial charge in [0.25, 0.3) is 0 Å². The van der Waals surface area contributed by atoms with Gasteiger partial charge in [0.1, 0.15) is 9.08 Å². The molecule has 1 heterocycles. The second-order valence-corrected chi connectivity index (χ2v) is 11.9. The average molecular weight is 464 g/mol. The lowest BCUT2D eigenvalue weighted by Crippen LogP contribution is -2.61. The molecule has 4 saturated carbocycles. The molecule has 0 aromatic heterocycles. The van der Waals surface area contributed by atoms with E-state index < -0.39 is 9.08 Å². The van der Waals surface area contributed by atoms with Crippen LogP contribution in [0.1, 0.15) is 45.4 Å². The minimum atomic E-state index is -0.795. The number of rotatable bonds is 6. The van der Waals surface area contributed by atoms with Crippen LogP contribution in [0.5, 0.6) is 0 Å². The van der Waals surface area contributed by atoms with Gasteiger partial charge in [-0.15, -0.1) is 0 Å². The zero-order valence-corrected chi connectivity index (χ0v) is 17.0. The van der Waals surface area contributed by atoms with Crippen LogP contribution in [0.4, 0.5) is 0 Å². The molecule has 0 aromatic rings. The highest BCUT2D eigenvalue weighted by atomic mass is 127. The first-order valence-electron chi connectivity index (χ1n) is 9.23. The molecule has 1 saturated heterocycles. The molecular formula is C18H29IN2O4. The molecule has 1 aliphatic heterocycles. The number of esters is 1. The van der Waals surface area contributed by atoms with E-state index in [1.807, 2.05) is 6.92 Å². The third-order valence-corrected chi connectivity index (χ3v) is 8.78. The van der Waals surface area contributed by atoms with Crippen LogP contribution in [-0.4, -0.2) is 51.6 Å². The van der Waals surface area contributed by atoms with Crippen LogP contribution in [-0.2, 0) is 9.53 Å². The van der Waals surface area contributed by atoms with Crippen LogP contribution in [0.2, 0.25) is 0 Å². The van der Waals surface area contributed by atoms with Gasteiger partial charge in [-0.05, 0) is 62.2 Å². The number of hydrogen-bond acceptors (Lipinski definition) is 6. The van der Waals surface area contributed by atoms with E-state index in [1.54, 1.807) is 0 Å². The molecule has 4 aliphatic carbocycles. The van der Waals surface area contributed by atoms with Crippen LogP contribution >= 0.6 is 22.6 Å². The molecule has 5 N–H and O–H groups in total. The Hall–Kier alpha value is 0.0400. The lowest BCUT2D eigenvalue weighted by Gasteiger charge is -2.66. The summed E-state index contributed by atoms with van der Waals surface area (Å²) in [6.45, 7) is 3.15. The van der Waals surface area contributed by atoms with Gasteiger partial charge in [0.2, 0.25) is 0 Å². The maximum absolute atomic E-state index is 12.7. The second kappa shape index (κ2) is 5.53. The van der Waals surface area contributed by atoms with E-state index in [9.17, 15) is 15.0 Å². The van der Waals surface area contributed by atoms with Gasteiger partial charge in [-0.1, -0.05) is 22.6 Å². The molecule has 5 aliphatic rings. The molecule has 0 amide bonds. The number of ether oxygens (including phenoxy) is 1. The van der Waals surface area contributed by atoms with Gasteiger partial charge in [-0.3, -0.25) is 10.1 Å². The van der Waals surface area contributed by atoms with Crippen LogP contribution in [0, 0.1) is 22.2 Å². The topological polar surface area (TPSA) is 115 Å². The number of hydrogen-bond donors (Lipinski definition) is 4. The number of halogens is 1. The van der Waals surface area contributed by atoms with Gasteiger partial charge in [-0.2, -0.15) is 0 Å². The van der Waals surface area contributed by atoms with Crippen molar-refractivity contribution in [3.05, 3.63) is 0 Å². The van der Waals surface area contributed by atoms with E-state index in [0.717, 1.165) is 38.5 Å². The lowest BCUT2D eigenvalue weighted by molar-refractivity contribution is -0.203. The summed E-state index contributed by atoms with van der Waals surface area (Å²) >= 11 is 2.09. The average Bonchev–Trinajstić information content (AvgIpc) is 3.31. The van der Waals surface area contributed by atoms with Crippen LogP contribution < -0.4 is 11.1 Å². The van der Waals surface area contributed by atoms with Crippen molar-refractivity contribution in [3.8, 4) is 0 Å². The summed E-state index contributed by atoms with van der Waals surface area (Å²) in [5.74, 6) is 0.249. The Morgan fingerprint density at radius 2 is 1.68 bits per heavy atom. The number of aliphatic hydroxyl groups excluding tert-OH is 2. The fourth-order valence-electron chi connectivity index (χ4n) is 6.54. The molecule has 5 rings (SSSR count). The van der Waals surface area contributed by atoms with Crippen molar-refractivity contribution in [2.75, 3.05) is 26.4 Å². The molecule has 142 valence electrons. The summed E-state index contributed by atoms with van der Waals surface area (Å²) in [6, 6.07) is 0. The number of carbonyl (C=O) groups excluding carboxylic acids is 1. The van der Waals surface area contributed by atoms with E-state index in [0.29, 0.717) is 19.1 Å². The first-order chi connectivity index (χ1) is 11.6. The van der Waals surface area contributed by atoms with Crippen LogP contribution in [0.15, 0.2) is 0 Å². The summed E-state index contributed by atoms with van der Waals surface area (Å²) < 4.78 is 5.01. The SMILES string of the molecule is CC(I)(C(=O)OCC12CC3CC(CO)(CC(CO)(C3)C1)C2)C1(N)CN1. The van der Waals surface area contributed by atoms with Gasteiger partial charge in [-0.25, -0.2) is 0 Å². The van der Waals surface area contributed by atoms with Crippen LogP contribution in [0.3, 0.4) is 0 Å². The molecule has 4 atom stereocenters. The van der Waals surface area contributed by atoms with Gasteiger partial charge >= 0.3 is 5.97 Å². The predicted molar refractivity (Wildman–Crippen MR) is 101 cm³/mol. The van der Waals surface area contributed by atoms with Crippen molar-refractivity contribution >= 4 is 28.6 Å². The van der Waals surface area contributed by atoms with Crippen molar-refractivity contribution in [3.63, 3.8) is 0 Å². The highest BCUT2D eigenvalue weighted by Gasteiger charge is 2.64. The van der Waals surface area contributed by atoms with Crippen LogP contribution in [0.25, 0.3) is 0 Å². The summed E-state index contributed by atoms with van der Waals surface area (Å²) in [5, 5.41) is 23.2. The highest BCUT2D eigenvalue weighted by molar-refractivity contribution is 14.1. The van der Waals surface area contributed by atoms with E-state index >= 15 is 0 Å². The molecule has 5 fully saturated rings. The Bertz CT molecular complexity index is 572. The highest BCUT2D eigenvalue weighted by Crippen LogP contribution is 2.69. The number of nitrogens with one attached hydrogen (secondary N) is 1. The van der Waals surface area contributed by atoms with Gasteiger partial charge in [0.05, 0.1) is 6.61 Å². The normalized spacial score (nSPS) is 49.7. The molecule has 25 heavy (non-hydrogen) atoms. The molecule has 0 aromatic carbocycles. The molecule has 7 heteroatoms. The Morgan fingerprint density at radius 3 is 2.16 bits per heavy atom. The number of nitrogens with two attached hydrogens (primary N) is 1. The lowest BCUT2D eigenvalue weighted by atomic mass is 9.40. The largest absolute Gasteiger partial charge is 0.464 e. The maximum atomic E-state index is 12.7. The molecule has 0 radical (unpaired) electrons. The third-order valence-electron chi connectivity index (χ3n) is 7.37. The Morgan fingerprint density at radius 1 is 1.20 bits per heavy atom. The molecule has 6 nitrogen and oxygen atoms in total. The maximum Gasteiger partial charge on any atom is 0.325 e. The summed E-state index contributed by atoms with van der Waals surface area (Å²) in [4.78, 5) is 12.7. The first-order valence-corrected chi connectivity index (χ1v) is 10.3. The predicted octanol–water partition coefficient (Wildman–Crippen LogP) is 0.923. The van der Waals surface area contributed by atoms with Crippen molar-refractivity contribution in [2.45, 2.75) is 54.5 Å². The number of aliphatic hydroxyl groups is 2. The van der Waals surface area contributed by atoms with Gasteiger partial charge in [0.15, 0.2) is 0 Å². The molecule has 4 bridgehead atoms. The standard InChI is InChI=1S/C18H29IN2O4/c1-14(19,18(20)8-21-18)13(24)25-11-17-4-12-2-15(6-17,9-22)5-16(3-12,7-17)10-23/h12,21-23H,2-11,20H2,1H3. The summed E-state index contributed by atoms with van der Waals surface area (Å²) in [5.41, 5.74) is 5.18. The van der Waals surface area contributed by atoms with Crippen molar-refractivity contribution < 1.29 is 19.7 Å². The number of carbonyl (C=O) groups is 1. The summed E-state index contributed by atoms with van der Waals surface area (Å²) in [6.07, 6.45) is 5.81. The monoisotopic (exact) mass is 464 g/mol. The fourth-order valence-corrected chi connectivity index (χ4v) is 7.07. The minimum absolute atomic E-state index is 0.102. The fraction of sp³-hybridized carbons (Fsp3) is 0.944. The van der Waals surface area contributed by atoms with Crippen molar-refractivity contribution in [2.24, 2.45) is 27.9 Å². The zero-order valence-electron chi connectivity index (χ0n) is 14.8. The van der Waals surface area contributed by atoms with E-state index in [1.165, 1.54) is 0 Å². The zero-order chi connectivity index (χ0) is 18.1. The molecule has 0 spiro atoms. The first kappa shape index (κ1) is 18.4. The second-order valence-electron chi connectivity index (χ2n) is 9.73. The Kier molecular flexibility index (Phi) is 4.07. The smallest absolute Gasteiger partial charge is 0.325 e.